The third-order valence-corrected chi connectivity index (χ3v) is 3.73. The predicted molar refractivity (Wildman–Crippen MR) is 69.6 cm³/mol. The highest BCUT2D eigenvalue weighted by molar-refractivity contribution is 5.77. The van der Waals surface area contributed by atoms with Gasteiger partial charge in [0, 0.05) is 12.1 Å². The van der Waals surface area contributed by atoms with Gasteiger partial charge in [-0.1, -0.05) is 0 Å². The number of nitrogens with zero attached hydrogens (tertiary/aromatic N) is 1. The number of carbonyl (C=O) groups is 2. The summed E-state index contributed by atoms with van der Waals surface area (Å²) in [5.41, 5.74) is -0.501. The minimum Gasteiger partial charge on any atom is -0.466 e. The smallest absolute Gasteiger partial charge is 0.410 e. The number of ether oxygens (including phenoxy) is 2. The summed E-state index contributed by atoms with van der Waals surface area (Å²) in [5, 5.41) is 0. The minimum absolute atomic E-state index is 0.0427. The summed E-state index contributed by atoms with van der Waals surface area (Å²) in [7, 11) is 0. The van der Waals surface area contributed by atoms with Gasteiger partial charge in [0.2, 0.25) is 0 Å². The zero-order valence-corrected chi connectivity index (χ0v) is 12.1. The van der Waals surface area contributed by atoms with E-state index in [4.69, 9.17) is 9.47 Å². The average molecular weight is 269 g/mol. The molecule has 108 valence electrons. The Kier molecular flexibility index (Phi) is 3.74. The average Bonchev–Trinajstić information content (AvgIpc) is 2.83. The summed E-state index contributed by atoms with van der Waals surface area (Å²) >= 11 is 0. The summed E-state index contributed by atoms with van der Waals surface area (Å²) in [6.07, 6.45) is 2.24. The SMILES string of the molecule is CCOC(=O)[C@@H]1C[C@@H]2CC[C@@H]1N2C(=O)OC(C)(C)C. The molecule has 0 unspecified atom stereocenters. The molecule has 5 heteroatoms. The first-order valence-corrected chi connectivity index (χ1v) is 7.01. The van der Waals surface area contributed by atoms with Crippen LogP contribution in [0.25, 0.3) is 0 Å². The van der Waals surface area contributed by atoms with Gasteiger partial charge < -0.3 is 14.4 Å². The number of amides is 1. The van der Waals surface area contributed by atoms with Crippen LogP contribution in [0.2, 0.25) is 0 Å². The molecular weight excluding hydrogens is 246 g/mol. The Hall–Kier alpha value is -1.26. The van der Waals surface area contributed by atoms with Crippen LogP contribution in [0, 0.1) is 5.92 Å². The number of hydrogen-bond acceptors (Lipinski definition) is 4. The molecule has 19 heavy (non-hydrogen) atoms. The molecule has 2 aliphatic heterocycles. The van der Waals surface area contributed by atoms with E-state index in [1.807, 2.05) is 20.8 Å². The van der Waals surface area contributed by atoms with Crippen LogP contribution in [0.4, 0.5) is 4.79 Å². The number of carbonyl (C=O) groups excluding carboxylic acids is 2. The molecule has 2 fully saturated rings. The summed E-state index contributed by atoms with van der Waals surface area (Å²) in [5.74, 6) is -0.352. The Labute approximate surface area is 114 Å². The zero-order chi connectivity index (χ0) is 14.2. The zero-order valence-electron chi connectivity index (χ0n) is 12.1. The molecule has 3 atom stereocenters. The number of esters is 1. The van der Waals surface area contributed by atoms with Crippen molar-refractivity contribution in [1.82, 2.24) is 4.90 Å². The van der Waals surface area contributed by atoms with Crippen LogP contribution in [0.15, 0.2) is 0 Å². The summed E-state index contributed by atoms with van der Waals surface area (Å²) in [6.45, 7) is 7.75. The monoisotopic (exact) mass is 269 g/mol. The highest BCUT2D eigenvalue weighted by Crippen LogP contribution is 2.42. The third-order valence-electron chi connectivity index (χ3n) is 3.73. The first kappa shape index (κ1) is 14.2. The normalized spacial score (nSPS) is 29.5. The topological polar surface area (TPSA) is 55.8 Å². The second kappa shape index (κ2) is 5.02. The van der Waals surface area contributed by atoms with Gasteiger partial charge in [-0.15, -0.1) is 0 Å². The van der Waals surface area contributed by atoms with Gasteiger partial charge in [-0.05, 0) is 47.0 Å². The van der Waals surface area contributed by atoms with Crippen molar-refractivity contribution in [2.75, 3.05) is 6.61 Å². The molecule has 2 aliphatic rings. The quantitative estimate of drug-likeness (QED) is 0.722. The molecule has 0 aliphatic carbocycles. The predicted octanol–water partition coefficient (Wildman–Crippen LogP) is 2.34. The van der Waals surface area contributed by atoms with Crippen LogP contribution >= 0.6 is 0 Å². The lowest BCUT2D eigenvalue weighted by Gasteiger charge is -2.28. The molecule has 5 nitrogen and oxygen atoms in total. The largest absolute Gasteiger partial charge is 0.466 e. The molecule has 2 saturated heterocycles. The number of rotatable bonds is 2. The number of fused-ring (bicyclic) bond motifs is 2. The van der Waals surface area contributed by atoms with E-state index >= 15 is 0 Å². The fourth-order valence-corrected chi connectivity index (χ4v) is 3.09. The molecule has 0 aromatic heterocycles. The molecule has 0 radical (unpaired) electrons. The summed E-state index contributed by atoms with van der Waals surface area (Å²) < 4.78 is 10.5. The van der Waals surface area contributed by atoms with Gasteiger partial charge in [0.05, 0.1) is 12.5 Å². The van der Waals surface area contributed by atoms with Crippen molar-refractivity contribution in [3.8, 4) is 0 Å². The Balaban J connectivity index is 2.04. The Morgan fingerprint density at radius 3 is 2.53 bits per heavy atom. The molecule has 0 aromatic rings. The van der Waals surface area contributed by atoms with Gasteiger partial charge in [-0.25, -0.2) is 4.79 Å². The van der Waals surface area contributed by atoms with Crippen LogP contribution in [0.3, 0.4) is 0 Å². The van der Waals surface area contributed by atoms with Gasteiger partial charge in [0.1, 0.15) is 5.60 Å². The van der Waals surface area contributed by atoms with Gasteiger partial charge in [-0.3, -0.25) is 4.79 Å². The maximum absolute atomic E-state index is 12.2. The van der Waals surface area contributed by atoms with Crippen LogP contribution in [-0.4, -0.2) is 41.3 Å². The van der Waals surface area contributed by atoms with Crippen LogP contribution in [0.1, 0.15) is 47.0 Å². The van der Waals surface area contributed by atoms with Crippen molar-refractivity contribution >= 4 is 12.1 Å². The molecule has 1 amide bonds. The maximum Gasteiger partial charge on any atom is 0.410 e. The first-order chi connectivity index (χ1) is 8.83. The third kappa shape index (κ3) is 2.85. The molecular formula is C14H23NO4. The molecule has 0 spiro atoms. The molecule has 0 N–H and O–H groups in total. The van der Waals surface area contributed by atoms with Gasteiger partial charge in [0.25, 0.3) is 0 Å². The van der Waals surface area contributed by atoms with Crippen LogP contribution in [-0.2, 0) is 14.3 Å². The molecule has 2 bridgehead atoms. The highest BCUT2D eigenvalue weighted by atomic mass is 16.6. The molecule has 0 saturated carbocycles. The standard InChI is InChI=1S/C14H23NO4/c1-5-18-12(16)10-8-9-6-7-11(10)15(9)13(17)19-14(2,3)4/h9-11H,5-8H2,1-4H3/t9-,10+,11-/m0/s1. The second-order valence-corrected chi connectivity index (χ2v) is 6.28. The van der Waals surface area contributed by atoms with E-state index in [2.05, 4.69) is 0 Å². The lowest BCUT2D eigenvalue weighted by molar-refractivity contribution is -0.148. The fourth-order valence-electron chi connectivity index (χ4n) is 3.09. The molecule has 2 rings (SSSR count). The molecule has 0 aromatic carbocycles. The van der Waals surface area contributed by atoms with E-state index in [0.717, 1.165) is 12.8 Å². The Bertz CT molecular complexity index is 374. The van der Waals surface area contributed by atoms with E-state index < -0.39 is 5.60 Å². The Morgan fingerprint density at radius 1 is 1.26 bits per heavy atom. The summed E-state index contributed by atoms with van der Waals surface area (Å²) in [4.78, 5) is 25.8. The lowest BCUT2D eigenvalue weighted by atomic mass is 9.89. The van der Waals surface area contributed by atoms with Crippen molar-refractivity contribution in [3.63, 3.8) is 0 Å². The van der Waals surface area contributed by atoms with E-state index in [1.54, 1.807) is 11.8 Å². The lowest BCUT2D eigenvalue weighted by Crippen LogP contribution is -2.41. The van der Waals surface area contributed by atoms with Crippen molar-refractivity contribution in [2.24, 2.45) is 5.92 Å². The fraction of sp³-hybridized carbons (Fsp3) is 0.857. The van der Waals surface area contributed by atoms with Gasteiger partial charge >= 0.3 is 12.1 Å². The van der Waals surface area contributed by atoms with Crippen molar-refractivity contribution in [3.05, 3.63) is 0 Å². The van der Waals surface area contributed by atoms with Crippen molar-refractivity contribution < 1.29 is 19.1 Å². The van der Waals surface area contributed by atoms with Gasteiger partial charge in [0.15, 0.2) is 0 Å². The van der Waals surface area contributed by atoms with Crippen molar-refractivity contribution in [1.29, 1.82) is 0 Å². The van der Waals surface area contributed by atoms with E-state index in [0.29, 0.717) is 13.0 Å². The van der Waals surface area contributed by atoms with E-state index in [-0.39, 0.29) is 30.1 Å². The van der Waals surface area contributed by atoms with Crippen molar-refractivity contribution in [2.45, 2.75) is 64.6 Å². The number of hydrogen-bond donors (Lipinski definition) is 0. The summed E-state index contributed by atoms with van der Waals surface area (Å²) in [6, 6.07) is 0.0909. The van der Waals surface area contributed by atoms with Gasteiger partial charge in [-0.2, -0.15) is 0 Å². The van der Waals surface area contributed by atoms with E-state index in [9.17, 15) is 9.59 Å². The minimum atomic E-state index is -0.501. The second-order valence-electron chi connectivity index (χ2n) is 6.28. The van der Waals surface area contributed by atoms with E-state index in [1.165, 1.54) is 0 Å². The van der Waals surface area contributed by atoms with Crippen LogP contribution in [0.5, 0.6) is 0 Å². The Morgan fingerprint density at radius 2 is 1.95 bits per heavy atom. The van der Waals surface area contributed by atoms with Crippen LogP contribution < -0.4 is 0 Å². The molecule has 2 heterocycles. The highest BCUT2D eigenvalue weighted by Gasteiger charge is 2.52. The first-order valence-electron chi connectivity index (χ1n) is 7.01. The maximum atomic E-state index is 12.2.